The van der Waals surface area contributed by atoms with Crippen LogP contribution in [0.25, 0.3) is 0 Å². The summed E-state index contributed by atoms with van der Waals surface area (Å²) < 4.78 is 30.7. The Morgan fingerprint density at radius 1 is 1.10 bits per heavy atom. The third-order valence-electron chi connectivity index (χ3n) is 6.79. The summed E-state index contributed by atoms with van der Waals surface area (Å²) in [6.07, 6.45) is -1.06. The van der Waals surface area contributed by atoms with Crippen molar-refractivity contribution in [2.45, 2.75) is 88.1 Å². The van der Waals surface area contributed by atoms with Gasteiger partial charge < -0.3 is 28.5 Å². The van der Waals surface area contributed by atoms with Crippen LogP contribution in [0, 0.1) is 0 Å². The summed E-state index contributed by atoms with van der Waals surface area (Å²) in [5.74, 6) is 0. The predicted molar refractivity (Wildman–Crippen MR) is 111 cm³/mol. The first-order valence-corrected chi connectivity index (χ1v) is 13.1. The second kappa shape index (κ2) is 7.27. The van der Waals surface area contributed by atoms with Gasteiger partial charge in [-0.2, -0.15) is 0 Å². The van der Waals surface area contributed by atoms with Crippen LogP contribution in [0.1, 0.15) is 26.3 Å². The Hall–Kier alpha value is -1.06. The van der Waals surface area contributed by atoms with Gasteiger partial charge in [0.05, 0.1) is 6.61 Å². The molecule has 0 radical (unpaired) electrons. The van der Waals surface area contributed by atoms with Crippen molar-refractivity contribution in [1.82, 2.24) is 0 Å². The van der Waals surface area contributed by atoms with Crippen LogP contribution in [-0.2, 0) is 30.0 Å². The average molecular weight is 421 g/mol. The van der Waals surface area contributed by atoms with Crippen molar-refractivity contribution >= 4 is 8.32 Å². The van der Waals surface area contributed by atoms with Crippen molar-refractivity contribution in [3.8, 4) is 0 Å². The Morgan fingerprint density at radius 2 is 1.72 bits per heavy atom. The highest BCUT2D eigenvalue weighted by atomic mass is 28.4. The minimum atomic E-state index is -2.16. The van der Waals surface area contributed by atoms with Crippen LogP contribution in [0.4, 0.5) is 0 Å². The summed E-state index contributed by atoms with van der Waals surface area (Å²) in [7, 11) is -2.16. The third kappa shape index (κ3) is 3.52. The fourth-order valence-corrected chi connectivity index (χ4v) is 5.33. The molecule has 1 aliphatic carbocycles. The molecular weight excluding hydrogens is 388 g/mol. The van der Waals surface area contributed by atoms with E-state index in [2.05, 4.69) is 40.4 Å². The van der Waals surface area contributed by atoms with Gasteiger partial charge >= 0.3 is 0 Å². The van der Waals surface area contributed by atoms with Gasteiger partial charge in [0.15, 0.2) is 8.32 Å². The van der Waals surface area contributed by atoms with Crippen LogP contribution in [0.5, 0.6) is 0 Å². The maximum absolute atomic E-state index is 11.5. The Kier molecular flexibility index (Phi) is 5.31. The smallest absolute Gasteiger partial charge is 0.273 e. The van der Waals surface area contributed by atoms with Crippen LogP contribution < -0.4 is 0 Å². The molecule has 0 amide bonds. The van der Waals surface area contributed by atoms with E-state index >= 15 is 0 Å². The Bertz CT molecular complexity index is 747. The number of aliphatic hydroxyl groups is 1. The number of hydrogen-bond acceptors (Lipinski definition) is 6. The third-order valence-corrected chi connectivity index (χ3v) is 11.3. The Morgan fingerprint density at radius 3 is 2.31 bits per heavy atom. The quantitative estimate of drug-likeness (QED) is 0.562. The van der Waals surface area contributed by atoms with E-state index < -0.39 is 44.8 Å². The van der Waals surface area contributed by atoms with Crippen molar-refractivity contribution in [3.05, 3.63) is 48.6 Å². The van der Waals surface area contributed by atoms with Crippen molar-refractivity contribution in [2.24, 2.45) is 0 Å². The summed E-state index contributed by atoms with van der Waals surface area (Å²) in [4.78, 5) is 0. The molecule has 4 fully saturated rings. The fraction of sp³-hybridized carbons (Fsp3) is 0.636. The second-order valence-corrected chi connectivity index (χ2v) is 14.5. The minimum Gasteiger partial charge on any atom is -0.408 e. The molecular formula is C22H32O6Si. The van der Waals surface area contributed by atoms with Crippen molar-refractivity contribution < 1.29 is 28.5 Å². The van der Waals surface area contributed by atoms with Gasteiger partial charge in [0.1, 0.15) is 36.1 Å². The summed E-state index contributed by atoms with van der Waals surface area (Å²) in [5, 5.41) is 11.5. The molecule has 5 rings (SSSR count). The van der Waals surface area contributed by atoms with Gasteiger partial charge in [-0.05, 0) is 23.7 Å². The van der Waals surface area contributed by atoms with Crippen molar-refractivity contribution in [1.29, 1.82) is 0 Å². The van der Waals surface area contributed by atoms with Gasteiger partial charge in [0, 0.05) is 0 Å². The van der Waals surface area contributed by atoms with E-state index in [-0.39, 0.29) is 11.1 Å². The lowest BCUT2D eigenvalue weighted by Gasteiger charge is -2.62. The standard InChI is InChI=1S/C22H32O6Si/c1-7-22(23)18-16(24-13-14-11-9-8-10-12-14)15-17(19(22)27-20(25-15)26-18)28-29(5,6)21(2,3)4/h7-12,15-20,23H,1,13H2,2-6H3. The lowest BCUT2D eigenvalue weighted by Crippen LogP contribution is -2.81. The van der Waals surface area contributed by atoms with Gasteiger partial charge in [0.25, 0.3) is 6.48 Å². The molecule has 4 bridgehead atoms. The van der Waals surface area contributed by atoms with Gasteiger partial charge in [-0.3, -0.25) is 0 Å². The van der Waals surface area contributed by atoms with E-state index in [9.17, 15) is 5.11 Å². The van der Waals surface area contributed by atoms with Gasteiger partial charge in [-0.15, -0.1) is 6.58 Å². The van der Waals surface area contributed by atoms with Gasteiger partial charge in [-0.25, -0.2) is 0 Å². The molecule has 29 heavy (non-hydrogen) atoms. The highest BCUT2D eigenvalue weighted by Crippen LogP contribution is 2.50. The molecule has 7 unspecified atom stereocenters. The van der Waals surface area contributed by atoms with E-state index in [0.717, 1.165) is 5.56 Å². The molecule has 1 N–H and O–H groups in total. The minimum absolute atomic E-state index is 0.00481. The summed E-state index contributed by atoms with van der Waals surface area (Å²) in [6, 6.07) is 9.92. The van der Waals surface area contributed by atoms with Crippen LogP contribution in [0.15, 0.2) is 43.0 Å². The topological polar surface area (TPSA) is 66.4 Å². The Balaban J connectivity index is 1.63. The molecule has 3 aliphatic heterocycles. The highest BCUT2D eigenvalue weighted by molar-refractivity contribution is 6.74. The van der Waals surface area contributed by atoms with E-state index in [1.165, 1.54) is 6.08 Å². The molecule has 4 aliphatic rings. The van der Waals surface area contributed by atoms with Crippen LogP contribution in [0.2, 0.25) is 18.1 Å². The molecule has 1 aromatic carbocycles. The Labute approximate surface area is 173 Å². The predicted octanol–water partition coefficient (Wildman–Crippen LogP) is 3.36. The second-order valence-electron chi connectivity index (χ2n) is 9.70. The summed E-state index contributed by atoms with van der Waals surface area (Å²) >= 11 is 0. The number of hydrogen-bond donors (Lipinski definition) is 1. The van der Waals surface area contributed by atoms with Gasteiger partial charge in [-0.1, -0.05) is 57.2 Å². The summed E-state index contributed by atoms with van der Waals surface area (Å²) in [6.45, 7) is 14.4. The molecule has 1 saturated carbocycles. The normalized spacial score (nSPS) is 39.0. The van der Waals surface area contributed by atoms with Crippen LogP contribution in [-0.4, -0.2) is 56.0 Å². The first-order valence-electron chi connectivity index (χ1n) is 10.2. The van der Waals surface area contributed by atoms with Gasteiger partial charge in [0.2, 0.25) is 0 Å². The first-order chi connectivity index (χ1) is 13.6. The molecule has 0 aromatic heterocycles. The molecule has 3 heterocycles. The fourth-order valence-electron chi connectivity index (χ4n) is 4.04. The molecule has 3 saturated heterocycles. The monoisotopic (exact) mass is 420 g/mol. The first kappa shape index (κ1) is 21.2. The van der Waals surface area contributed by atoms with E-state index in [0.29, 0.717) is 6.61 Å². The van der Waals surface area contributed by atoms with Crippen LogP contribution in [0.3, 0.4) is 0 Å². The molecule has 7 heteroatoms. The number of ether oxygens (including phenoxy) is 4. The maximum atomic E-state index is 11.5. The van der Waals surface area contributed by atoms with Crippen LogP contribution >= 0.6 is 0 Å². The average Bonchev–Trinajstić information content (AvgIpc) is 2.67. The maximum Gasteiger partial charge on any atom is 0.273 e. The zero-order valence-corrected chi connectivity index (χ0v) is 18.8. The largest absolute Gasteiger partial charge is 0.408 e. The SMILES string of the molecule is C=CC1(O)C2OC3OC(C2OCc2ccccc2)C(O[Si](C)(C)C(C)(C)C)C1O3. The van der Waals surface area contributed by atoms with E-state index in [1.807, 2.05) is 30.3 Å². The lowest BCUT2D eigenvalue weighted by molar-refractivity contribution is -0.494. The van der Waals surface area contributed by atoms with Crippen molar-refractivity contribution in [3.63, 3.8) is 0 Å². The molecule has 1 aromatic rings. The van der Waals surface area contributed by atoms with E-state index in [1.54, 1.807) is 0 Å². The van der Waals surface area contributed by atoms with Crippen molar-refractivity contribution in [2.75, 3.05) is 0 Å². The molecule has 6 nitrogen and oxygen atoms in total. The number of benzene rings is 1. The lowest BCUT2D eigenvalue weighted by atomic mass is 9.73. The zero-order chi connectivity index (χ0) is 21.0. The molecule has 0 spiro atoms. The zero-order valence-electron chi connectivity index (χ0n) is 17.8. The molecule has 160 valence electrons. The number of rotatable bonds is 6. The highest BCUT2D eigenvalue weighted by Gasteiger charge is 2.69. The van der Waals surface area contributed by atoms with E-state index in [4.69, 9.17) is 23.4 Å². The summed E-state index contributed by atoms with van der Waals surface area (Å²) in [5.41, 5.74) is -0.368. The molecule has 7 atom stereocenters.